The van der Waals surface area contributed by atoms with E-state index >= 15 is 0 Å². The van der Waals surface area contributed by atoms with E-state index in [2.05, 4.69) is 23.2 Å². The van der Waals surface area contributed by atoms with Crippen molar-refractivity contribution in [3.63, 3.8) is 0 Å². The highest BCUT2D eigenvalue weighted by Crippen LogP contribution is 2.23. The van der Waals surface area contributed by atoms with Crippen LogP contribution in [-0.4, -0.2) is 14.6 Å². The normalized spacial score (nSPS) is 10.9. The quantitative estimate of drug-likeness (QED) is 0.656. The Morgan fingerprint density at radius 1 is 1.06 bits per heavy atom. The van der Waals surface area contributed by atoms with Gasteiger partial charge in [-0.2, -0.15) is 0 Å². The van der Waals surface area contributed by atoms with Crippen LogP contribution < -0.4 is 0 Å². The molecule has 3 nitrogen and oxygen atoms in total. The summed E-state index contributed by atoms with van der Waals surface area (Å²) in [6.07, 6.45) is 1.83. The van der Waals surface area contributed by atoms with E-state index in [1.165, 1.54) is 5.56 Å². The fourth-order valence-corrected chi connectivity index (χ4v) is 2.03. The highest BCUT2D eigenvalue weighted by atomic mass is 35.5. The lowest BCUT2D eigenvalue weighted by Gasteiger charge is -2.03. The molecular weight excluding hydrogens is 234 g/mol. The summed E-state index contributed by atoms with van der Waals surface area (Å²) in [6.45, 7) is 2.06. The van der Waals surface area contributed by atoms with Crippen LogP contribution >= 0.6 is 11.6 Å². The molecule has 0 N–H and O–H groups in total. The Bertz CT molecular complexity index is 688. The number of nitrogens with zero attached hydrogens (tertiary/aromatic N) is 3. The molecular formula is C13H10ClN3. The molecule has 2 heterocycles. The van der Waals surface area contributed by atoms with Gasteiger partial charge in [-0.05, 0) is 24.6 Å². The van der Waals surface area contributed by atoms with Crippen molar-refractivity contribution in [2.45, 2.75) is 6.92 Å². The molecule has 0 aliphatic rings. The van der Waals surface area contributed by atoms with Crippen LogP contribution in [0, 0.1) is 6.92 Å². The van der Waals surface area contributed by atoms with Crippen LogP contribution in [0.4, 0.5) is 0 Å². The van der Waals surface area contributed by atoms with E-state index in [-0.39, 0.29) is 0 Å². The Morgan fingerprint density at radius 2 is 1.88 bits per heavy atom. The minimum Gasteiger partial charge on any atom is -0.281 e. The summed E-state index contributed by atoms with van der Waals surface area (Å²) in [5.41, 5.74) is 3.04. The van der Waals surface area contributed by atoms with Crippen molar-refractivity contribution >= 4 is 17.2 Å². The molecule has 0 atom stereocenters. The zero-order chi connectivity index (χ0) is 11.8. The molecule has 0 bridgehead atoms. The summed E-state index contributed by atoms with van der Waals surface area (Å²) >= 11 is 6.00. The molecule has 0 fully saturated rings. The van der Waals surface area contributed by atoms with Crippen molar-refractivity contribution < 1.29 is 0 Å². The molecule has 0 saturated carbocycles. The van der Waals surface area contributed by atoms with E-state index in [0.29, 0.717) is 5.02 Å². The SMILES string of the molecule is Cc1ccccc1-c1nnc2ccc(Cl)cn12. The fraction of sp³-hybridized carbons (Fsp3) is 0.0769. The van der Waals surface area contributed by atoms with E-state index in [1.54, 1.807) is 0 Å². The highest BCUT2D eigenvalue weighted by molar-refractivity contribution is 6.30. The van der Waals surface area contributed by atoms with Crippen LogP contribution in [-0.2, 0) is 0 Å². The summed E-state index contributed by atoms with van der Waals surface area (Å²) in [5.74, 6) is 0.820. The predicted octanol–water partition coefficient (Wildman–Crippen LogP) is 3.36. The maximum absolute atomic E-state index is 6.00. The summed E-state index contributed by atoms with van der Waals surface area (Å²) in [5, 5.41) is 9.03. The number of halogens is 1. The van der Waals surface area contributed by atoms with Gasteiger partial charge in [-0.15, -0.1) is 10.2 Å². The Hall–Kier alpha value is -1.87. The van der Waals surface area contributed by atoms with E-state index in [9.17, 15) is 0 Å². The minimum absolute atomic E-state index is 0.673. The highest BCUT2D eigenvalue weighted by Gasteiger charge is 2.09. The Morgan fingerprint density at radius 3 is 2.71 bits per heavy atom. The molecule has 17 heavy (non-hydrogen) atoms. The molecule has 0 radical (unpaired) electrons. The average Bonchev–Trinajstić information content (AvgIpc) is 2.72. The van der Waals surface area contributed by atoms with Crippen LogP contribution in [0.15, 0.2) is 42.6 Å². The van der Waals surface area contributed by atoms with Gasteiger partial charge in [0, 0.05) is 11.8 Å². The number of fused-ring (bicyclic) bond motifs is 1. The first kappa shape index (κ1) is 10.3. The first-order valence-electron chi connectivity index (χ1n) is 5.32. The van der Waals surface area contributed by atoms with Gasteiger partial charge in [0.05, 0.1) is 5.02 Å². The maximum atomic E-state index is 6.00. The summed E-state index contributed by atoms with van der Waals surface area (Å²) in [6, 6.07) is 11.8. The Balaban J connectivity index is 2.31. The summed E-state index contributed by atoms with van der Waals surface area (Å²) < 4.78 is 1.91. The number of rotatable bonds is 1. The van der Waals surface area contributed by atoms with Crippen molar-refractivity contribution in [2.24, 2.45) is 0 Å². The van der Waals surface area contributed by atoms with Crippen molar-refractivity contribution in [1.82, 2.24) is 14.6 Å². The van der Waals surface area contributed by atoms with E-state index in [0.717, 1.165) is 17.0 Å². The summed E-state index contributed by atoms with van der Waals surface area (Å²) in [7, 11) is 0. The van der Waals surface area contributed by atoms with Crippen molar-refractivity contribution in [2.75, 3.05) is 0 Å². The molecule has 84 valence electrons. The monoisotopic (exact) mass is 243 g/mol. The number of hydrogen-bond acceptors (Lipinski definition) is 2. The second-order valence-corrected chi connectivity index (χ2v) is 4.35. The van der Waals surface area contributed by atoms with Gasteiger partial charge in [-0.3, -0.25) is 4.40 Å². The third kappa shape index (κ3) is 1.68. The van der Waals surface area contributed by atoms with Gasteiger partial charge < -0.3 is 0 Å². The molecule has 2 aromatic heterocycles. The third-order valence-corrected chi connectivity index (χ3v) is 2.98. The van der Waals surface area contributed by atoms with Crippen molar-refractivity contribution in [1.29, 1.82) is 0 Å². The number of aromatic nitrogens is 3. The molecule has 0 unspecified atom stereocenters. The van der Waals surface area contributed by atoms with E-state index in [1.807, 2.05) is 40.9 Å². The third-order valence-electron chi connectivity index (χ3n) is 2.75. The smallest absolute Gasteiger partial charge is 0.168 e. The first-order valence-corrected chi connectivity index (χ1v) is 5.70. The summed E-state index contributed by atoms with van der Waals surface area (Å²) in [4.78, 5) is 0. The lowest BCUT2D eigenvalue weighted by Crippen LogP contribution is -1.91. The van der Waals surface area contributed by atoms with Gasteiger partial charge in [0.2, 0.25) is 0 Å². The second-order valence-electron chi connectivity index (χ2n) is 3.91. The van der Waals surface area contributed by atoms with Crippen molar-refractivity contribution in [3.8, 4) is 11.4 Å². The van der Waals surface area contributed by atoms with Crippen molar-refractivity contribution in [3.05, 3.63) is 53.2 Å². The number of benzene rings is 1. The fourth-order valence-electron chi connectivity index (χ4n) is 1.87. The molecule has 3 rings (SSSR count). The molecule has 0 saturated heterocycles. The maximum Gasteiger partial charge on any atom is 0.168 e. The number of aryl methyl sites for hydroxylation is 1. The van der Waals surface area contributed by atoms with E-state index < -0.39 is 0 Å². The van der Waals surface area contributed by atoms with Gasteiger partial charge in [-0.25, -0.2) is 0 Å². The molecule has 4 heteroatoms. The Kier molecular flexibility index (Phi) is 2.34. The molecule has 0 amide bonds. The minimum atomic E-state index is 0.673. The number of pyridine rings is 1. The van der Waals surface area contributed by atoms with Crippen LogP contribution in [0.5, 0.6) is 0 Å². The lowest BCUT2D eigenvalue weighted by atomic mass is 10.1. The van der Waals surface area contributed by atoms with Gasteiger partial charge in [0.1, 0.15) is 0 Å². The molecule has 0 spiro atoms. The van der Waals surface area contributed by atoms with Crippen LogP contribution in [0.1, 0.15) is 5.56 Å². The topological polar surface area (TPSA) is 30.2 Å². The average molecular weight is 244 g/mol. The van der Waals surface area contributed by atoms with E-state index in [4.69, 9.17) is 11.6 Å². The number of hydrogen-bond donors (Lipinski definition) is 0. The lowest BCUT2D eigenvalue weighted by molar-refractivity contribution is 1.11. The predicted molar refractivity (Wildman–Crippen MR) is 68.2 cm³/mol. The Labute approximate surface area is 104 Å². The molecule has 0 aliphatic carbocycles. The van der Waals surface area contributed by atoms with Gasteiger partial charge >= 0.3 is 0 Å². The molecule has 1 aromatic carbocycles. The van der Waals surface area contributed by atoms with Crippen LogP contribution in [0.2, 0.25) is 5.02 Å². The molecule has 3 aromatic rings. The van der Waals surface area contributed by atoms with Crippen LogP contribution in [0.3, 0.4) is 0 Å². The molecule has 0 aliphatic heterocycles. The van der Waals surface area contributed by atoms with Gasteiger partial charge in [0.15, 0.2) is 11.5 Å². The zero-order valence-corrected chi connectivity index (χ0v) is 10.0. The van der Waals surface area contributed by atoms with Crippen LogP contribution in [0.25, 0.3) is 17.0 Å². The first-order chi connectivity index (χ1) is 8.25. The van der Waals surface area contributed by atoms with Gasteiger partial charge in [-0.1, -0.05) is 35.9 Å². The largest absolute Gasteiger partial charge is 0.281 e. The van der Waals surface area contributed by atoms with Gasteiger partial charge in [0.25, 0.3) is 0 Å². The standard InChI is InChI=1S/C13H10ClN3/c1-9-4-2-3-5-11(9)13-16-15-12-7-6-10(14)8-17(12)13/h2-8H,1H3. The second kappa shape index (κ2) is 3.86. The zero-order valence-electron chi connectivity index (χ0n) is 9.26.